The lowest BCUT2D eigenvalue weighted by atomic mass is 9.91. The number of rotatable bonds is 4. The van der Waals surface area contributed by atoms with Crippen molar-refractivity contribution >= 4 is 35.7 Å². The Kier molecular flexibility index (Phi) is 6.24. The highest BCUT2D eigenvalue weighted by Gasteiger charge is 2.51. The number of fused-ring (bicyclic) bond motifs is 4. The lowest BCUT2D eigenvalue weighted by Gasteiger charge is -2.56. The standard InChI is InChI=1S/C29H27F2N3O3S2/c30-22-8-7-19-21(26(22)31)15-38-24-4-2-1-3-20(24)27(19)34-25-12-18(39-17-5-6-17)9-10-32(25)29(37)28-23(36)11-16(14-35)13-33(28)34/h1-4,7-8,13-14,17-18,25,27,36H,5-6,9-12,15H2/t18?,25-,27+/m1/s1. The summed E-state index contributed by atoms with van der Waals surface area (Å²) in [6, 6.07) is 10.0. The summed E-state index contributed by atoms with van der Waals surface area (Å²) in [7, 11) is 0. The van der Waals surface area contributed by atoms with Gasteiger partial charge in [0.2, 0.25) is 0 Å². The molecule has 1 saturated carbocycles. The van der Waals surface area contributed by atoms with Crippen LogP contribution in [0, 0.1) is 11.6 Å². The first-order valence-corrected chi connectivity index (χ1v) is 15.2. The van der Waals surface area contributed by atoms with Crippen LogP contribution in [0.25, 0.3) is 0 Å². The van der Waals surface area contributed by atoms with Gasteiger partial charge in [-0.05, 0) is 48.9 Å². The maximum absolute atomic E-state index is 15.4. The number of aliphatic hydroxyl groups excluding tert-OH is 1. The summed E-state index contributed by atoms with van der Waals surface area (Å²) in [5.74, 6) is -1.94. The van der Waals surface area contributed by atoms with Gasteiger partial charge in [0, 0.05) is 51.5 Å². The second kappa shape index (κ2) is 9.67. The summed E-state index contributed by atoms with van der Waals surface area (Å²) in [5.41, 5.74) is 2.26. The molecule has 4 heterocycles. The first-order valence-electron chi connectivity index (χ1n) is 13.2. The largest absolute Gasteiger partial charge is 0.510 e. The van der Waals surface area contributed by atoms with Crippen LogP contribution in [0.15, 0.2) is 64.5 Å². The molecule has 3 atom stereocenters. The average molecular weight is 568 g/mol. The van der Waals surface area contributed by atoms with Gasteiger partial charge in [0.05, 0.1) is 6.04 Å². The zero-order valence-electron chi connectivity index (χ0n) is 21.1. The number of aldehydes is 1. The molecule has 1 amide bonds. The minimum Gasteiger partial charge on any atom is -0.510 e. The molecule has 0 bridgehead atoms. The number of hydrogen-bond donors (Lipinski definition) is 1. The Morgan fingerprint density at radius 2 is 1.87 bits per heavy atom. The van der Waals surface area contributed by atoms with Crippen LogP contribution < -0.4 is 0 Å². The summed E-state index contributed by atoms with van der Waals surface area (Å²) < 4.78 is 29.9. The average Bonchev–Trinajstić information content (AvgIpc) is 3.77. The van der Waals surface area contributed by atoms with Crippen molar-refractivity contribution in [3.05, 3.63) is 88.0 Å². The molecule has 4 aliphatic heterocycles. The Hall–Kier alpha value is -2.82. The van der Waals surface area contributed by atoms with Gasteiger partial charge in [-0.25, -0.2) is 8.78 Å². The number of hydrazine groups is 1. The molecule has 1 N–H and O–H groups in total. The summed E-state index contributed by atoms with van der Waals surface area (Å²) in [5, 5.41) is 15.7. The van der Waals surface area contributed by atoms with Gasteiger partial charge in [-0.2, -0.15) is 16.8 Å². The number of benzene rings is 2. The van der Waals surface area contributed by atoms with Gasteiger partial charge in [0.1, 0.15) is 18.2 Å². The summed E-state index contributed by atoms with van der Waals surface area (Å²) in [4.78, 5) is 28.5. The fourth-order valence-corrected chi connectivity index (χ4v) is 8.77. The number of amides is 1. The Balaban J connectivity index is 1.45. The second-order valence-corrected chi connectivity index (χ2v) is 13.3. The van der Waals surface area contributed by atoms with Crippen LogP contribution >= 0.6 is 23.5 Å². The number of allylic oxidation sites excluding steroid dienone is 1. The smallest absolute Gasteiger partial charge is 0.276 e. The number of nitrogens with zero attached hydrogens (tertiary/aromatic N) is 3. The lowest BCUT2D eigenvalue weighted by molar-refractivity contribution is -0.171. The number of carbonyl (C=O) groups excluding carboxylic acids is 2. The van der Waals surface area contributed by atoms with Gasteiger partial charge in [-0.3, -0.25) is 14.6 Å². The highest BCUT2D eigenvalue weighted by Crippen LogP contribution is 2.50. The number of piperidine rings is 1. The fourth-order valence-electron chi connectivity index (χ4n) is 6.18. The molecule has 0 radical (unpaired) electrons. The van der Waals surface area contributed by atoms with E-state index in [2.05, 4.69) is 0 Å². The van der Waals surface area contributed by atoms with E-state index in [9.17, 15) is 19.1 Å². The van der Waals surface area contributed by atoms with E-state index in [1.54, 1.807) is 17.3 Å². The van der Waals surface area contributed by atoms with Crippen molar-refractivity contribution in [1.29, 1.82) is 0 Å². The Labute approximate surface area is 233 Å². The molecule has 10 heteroatoms. The molecule has 5 aliphatic rings. The molecule has 3 fully saturated rings. The van der Waals surface area contributed by atoms with Gasteiger partial charge >= 0.3 is 0 Å². The topological polar surface area (TPSA) is 64.1 Å². The predicted octanol–water partition coefficient (Wildman–Crippen LogP) is 5.66. The number of carbonyl (C=O) groups is 2. The molecule has 7 rings (SSSR count). The van der Waals surface area contributed by atoms with E-state index < -0.39 is 23.8 Å². The Morgan fingerprint density at radius 1 is 1.05 bits per heavy atom. The van der Waals surface area contributed by atoms with Crippen molar-refractivity contribution in [1.82, 2.24) is 14.9 Å². The maximum atomic E-state index is 15.4. The third-order valence-electron chi connectivity index (χ3n) is 8.14. The van der Waals surface area contributed by atoms with Crippen molar-refractivity contribution in [3.63, 3.8) is 0 Å². The van der Waals surface area contributed by atoms with Gasteiger partial charge in [-0.1, -0.05) is 24.3 Å². The zero-order valence-corrected chi connectivity index (χ0v) is 22.7. The third-order valence-corrected chi connectivity index (χ3v) is 10.9. The quantitative estimate of drug-likeness (QED) is 0.479. The first-order chi connectivity index (χ1) is 18.9. The molecule has 202 valence electrons. The molecule has 1 unspecified atom stereocenters. The van der Waals surface area contributed by atoms with Crippen LogP contribution in [0.4, 0.5) is 8.78 Å². The van der Waals surface area contributed by atoms with Crippen molar-refractivity contribution in [2.24, 2.45) is 0 Å². The second-order valence-electron chi connectivity index (χ2n) is 10.6. The number of aliphatic hydroxyl groups is 1. The van der Waals surface area contributed by atoms with Crippen LogP contribution in [0.1, 0.15) is 54.8 Å². The van der Waals surface area contributed by atoms with E-state index in [4.69, 9.17) is 0 Å². The van der Waals surface area contributed by atoms with Crippen molar-refractivity contribution in [2.75, 3.05) is 6.54 Å². The number of hydrogen-bond acceptors (Lipinski definition) is 7. The van der Waals surface area contributed by atoms with Gasteiger partial charge in [0.15, 0.2) is 17.3 Å². The van der Waals surface area contributed by atoms with Gasteiger partial charge in [0.25, 0.3) is 5.91 Å². The molecule has 2 saturated heterocycles. The minimum absolute atomic E-state index is 0.0267. The molecule has 6 nitrogen and oxygen atoms in total. The highest BCUT2D eigenvalue weighted by molar-refractivity contribution is 8.00. The van der Waals surface area contributed by atoms with Crippen LogP contribution in [-0.4, -0.2) is 55.4 Å². The fraction of sp³-hybridized carbons (Fsp3) is 0.379. The van der Waals surface area contributed by atoms with Crippen molar-refractivity contribution < 1.29 is 23.5 Å². The SMILES string of the molecule is O=CC1=CN2C(=C(O)C1)C(=O)N1CCC(SC3CC3)C[C@H]1N2[C@@H]1c2ccccc2SCc2c1ccc(F)c2F. The van der Waals surface area contributed by atoms with E-state index in [0.29, 0.717) is 40.9 Å². The third kappa shape index (κ3) is 4.19. The normalized spacial score (nSPS) is 26.8. The molecular formula is C29H27F2N3O3S2. The van der Waals surface area contributed by atoms with Crippen molar-refractivity contribution in [2.45, 2.75) is 65.5 Å². The minimum atomic E-state index is -0.896. The number of thioether (sulfide) groups is 2. The van der Waals surface area contributed by atoms with Crippen LogP contribution in [0.5, 0.6) is 0 Å². The number of halogens is 2. The summed E-state index contributed by atoms with van der Waals surface area (Å²) in [6.07, 6.45) is 5.85. The van der Waals surface area contributed by atoms with Crippen LogP contribution in [0.2, 0.25) is 0 Å². The van der Waals surface area contributed by atoms with E-state index in [-0.39, 0.29) is 35.1 Å². The van der Waals surface area contributed by atoms with E-state index in [1.807, 2.05) is 45.9 Å². The van der Waals surface area contributed by atoms with Crippen LogP contribution in [0.3, 0.4) is 0 Å². The molecule has 2 aromatic carbocycles. The van der Waals surface area contributed by atoms with E-state index in [0.717, 1.165) is 22.9 Å². The van der Waals surface area contributed by atoms with E-state index >= 15 is 4.39 Å². The monoisotopic (exact) mass is 567 g/mol. The molecule has 0 spiro atoms. The summed E-state index contributed by atoms with van der Waals surface area (Å²) in [6.45, 7) is 0.535. The zero-order chi connectivity index (χ0) is 26.8. The molecule has 0 aromatic heterocycles. The molecule has 1 aliphatic carbocycles. The molecule has 2 aromatic rings. The first kappa shape index (κ1) is 25.2. The van der Waals surface area contributed by atoms with Crippen molar-refractivity contribution in [3.8, 4) is 0 Å². The maximum Gasteiger partial charge on any atom is 0.276 e. The highest BCUT2D eigenvalue weighted by atomic mass is 32.2. The van der Waals surface area contributed by atoms with E-state index in [1.165, 1.54) is 24.6 Å². The Bertz CT molecular complexity index is 1440. The lowest BCUT2D eigenvalue weighted by Crippen LogP contribution is -2.66. The van der Waals surface area contributed by atoms with Gasteiger partial charge < -0.3 is 10.0 Å². The molecule has 39 heavy (non-hydrogen) atoms. The summed E-state index contributed by atoms with van der Waals surface area (Å²) >= 11 is 3.43. The Morgan fingerprint density at radius 3 is 2.67 bits per heavy atom. The predicted molar refractivity (Wildman–Crippen MR) is 145 cm³/mol. The van der Waals surface area contributed by atoms with Gasteiger partial charge in [-0.15, -0.1) is 11.8 Å². The molecular weight excluding hydrogens is 540 g/mol. The van der Waals surface area contributed by atoms with Crippen LogP contribution in [-0.2, 0) is 15.3 Å².